The maximum absolute atomic E-state index is 10.1. The van der Waals surface area contributed by atoms with Gasteiger partial charge >= 0.3 is 0 Å². The number of nitrogens with zero attached hydrogens (tertiary/aromatic N) is 2. The lowest BCUT2D eigenvalue weighted by atomic mass is 10.1. The van der Waals surface area contributed by atoms with Gasteiger partial charge in [0.25, 0.3) is 0 Å². The van der Waals surface area contributed by atoms with Crippen LogP contribution in [0.3, 0.4) is 0 Å². The van der Waals surface area contributed by atoms with Crippen LogP contribution in [-0.4, -0.2) is 42.7 Å². The van der Waals surface area contributed by atoms with Crippen LogP contribution in [0.15, 0.2) is 29.3 Å². The summed E-state index contributed by atoms with van der Waals surface area (Å²) in [6, 6.07) is 7.87. The van der Waals surface area contributed by atoms with Crippen molar-refractivity contribution < 1.29 is 9.84 Å². The van der Waals surface area contributed by atoms with Gasteiger partial charge in [0.1, 0.15) is 5.75 Å². The molecule has 0 saturated heterocycles. The minimum Gasteiger partial charge on any atom is -0.497 e. The van der Waals surface area contributed by atoms with Crippen molar-refractivity contribution in [1.82, 2.24) is 4.90 Å². The van der Waals surface area contributed by atoms with E-state index in [0.29, 0.717) is 12.0 Å². The molecule has 112 valence electrons. The van der Waals surface area contributed by atoms with Gasteiger partial charge in [-0.1, -0.05) is 12.1 Å². The Bertz CT molecular complexity index is 463. The van der Waals surface area contributed by atoms with E-state index in [-0.39, 0.29) is 30.5 Å². The summed E-state index contributed by atoms with van der Waals surface area (Å²) in [6.45, 7) is 0.260. The fourth-order valence-corrected chi connectivity index (χ4v) is 1.89. The predicted molar refractivity (Wildman–Crippen MR) is 90.6 cm³/mol. The molecule has 1 aliphatic carbocycles. The third-order valence-electron chi connectivity index (χ3n) is 3.36. The number of methoxy groups -OCH3 is 1. The zero-order valence-electron chi connectivity index (χ0n) is 11.8. The van der Waals surface area contributed by atoms with Gasteiger partial charge in [-0.25, -0.2) is 0 Å². The summed E-state index contributed by atoms with van der Waals surface area (Å²) in [7, 11) is 3.54. The monoisotopic (exact) mass is 391 g/mol. The summed E-state index contributed by atoms with van der Waals surface area (Å²) < 4.78 is 5.13. The Morgan fingerprint density at radius 1 is 1.55 bits per heavy atom. The van der Waals surface area contributed by atoms with Crippen molar-refractivity contribution in [2.75, 3.05) is 20.7 Å². The van der Waals surface area contributed by atoms with Gasteiger partial charge in [0.15, 0.2) is 5.96 Å². The first-order valence-corrected chi connectivity index (χ1v) is 6.46. The molecular formula is C14H22IN3O2. The molecule has 3 N–H and O–H groups in total. The molecule has 0 spiro atoms. The number of hydrogen-bond donors (Lipinski definition) is 2. The Kier molecular flexibility index (Phi) is 6.54. The predicted octanol–water partition coefficient (Wildman–Crippen LogP) is 1.76. The van der Waals surface area contributed by atoms with E-state index in [1.54, 1.807) is 13.2 Å². The van der Waals surface area contributed by atoms with E-state index in [9.17, 15) is 5.11 Å². The maximum atomic E-state index is 10.1. The van der Waals surface area contributed by atoms with Crippen molar-refractivity contribution in [3.63, 3.8) is 0 Å². The number of aliphatic hydroxyl groups is 1. The second-order valence-electron chi connectivity index (χ2n) is 4.83. The molecule has 5 nitrogen and oxygen atoms in total. The van der Waals surface area contributed by atoms with Gasteiger partial charge in [0.2, 0.25) is 0 Å². The summed E-state index contributed by atoms with van der Waals surface area (Å²) in [5.74, 6) is 1.22. The molecule has 1 unspecified atom stereocenters. The van der Waals surface area contributed by atoms with Gasteiger partial charge in [-0.2, -0.15) is 0 Å². The number of hydrogen-bond acceptors (Lipinski definition) is 3. The molecule has 2 rings (SSSR count). The Labute approximate surface area is 136 Å². The largest absolute Gasteiger partial charge is 0.497 e. The molecule has 1 aliphatic rings. The van der Waals surface area contributed by atoms with Gasteiger partial charge in [0, 0.05) is 13.1 Å². The smallest absolute Gasteiger partial charge is 0.191 e. The summed E-state index contributed by atoms with van der Waals surface area (Å²) >= 11 is 0. The number of aliphatic hydroxyl groups excluding tert-OH is 1. The Morgan fingerprint density at radius 2 is 2.25 bits per heavy atom. The third kappa shape index (κ3) is 4.52. The van der Waals surface area contributed by atoms with Crippen molar-refractivity contribution in [2.24, 2.45) is 10.7 Å². The Hall–Kier alpha value is -1.02. The van der Waals surface area contributed by atoms with Crippen LogP contribution in [0.5, 0.6) is 5.75 Å². The fraction of sp³-hybridized carbons (Fsp3) is 0.500. The van der Waals surface area contributed by atoms with E-state index in [4.69, 9.17) is 10.5 Å². The highest BCUT2D eigenvalue weighted by Gasteiger charge is 2.27. The van der Waals surface area contributed by atoms with Gasteiger partial charge < -0.3 is 20.5 Å². The second-order valence-corrected chi connectivity index (χ2v) is 4.83. The molecule has 20 heavy (non-hydrogen) atoms. The number of nitrogens with two attached hydrogens (primary N) is 1. The highest BCUT2D eigenvalue weighted by atomic mass is 127. The average molecular weight is 391 g/mol. The van der Waals surface area contributed by atoms with E-state index in [2.05, 4.69) is 4.99 Å². The van der Waals surface area contributed by atoms with E-state index in [0.717, 1.165) is 11.3 Å². The van der Waals surface area contributed by atoms with Gasteiger partial charge in [-0.3, -0.25) is 4.99 Å². The number of ether oxygens (including phenoxy) is 1. The molecule has 1 fully saturated rings. The van der Waals surface area contributed by atoms with Crippen LogP contribution >= 0.6 is 24.0 Å². The number of halogens is 1. The number of aliphatic imine (C=N–C) groups is 1. The van der Waals surface area contributed by atoms with Crippen LogP contribution in [0.25, 0.3) is 0 Å². The highest BCUT2D eigenvalue weighted by Crippen LogP contribution is 2.25. The number of guanidine groups is 1. The minimum absolute atomic E-state index is 0. The molecule has 6 heteroatoms. The first kappa shape index (κ1) is 17.0. The normalized spacial score (nSPS) is 16.2. The molecule has 0 amide bonds. The quantitative estimate of drug-likeness (QED) is 0.456. The highest BCUT2D eigenvalue weighted by molar-refractivity contribution is 14.0. The SMILES string of the molecule is COc1cccc(C(O)CN=C(N)N(C)C2CC2)c1.I. The standard InChI is InChI=1S/C14H21N3O2.HI/c1-17(11-6-7-11)14(15)16-9-13(18)10-4-3-5-12(8-10)19-2;/h3-5,8,11,13,18H,6-7,9H2,1-2H3,(H2,15,16);1H. The second kappa shape index (κ2) is 7.68. The zero-order chi connectivity index (χ0) is 13.8. The first-order valence-electron chi connectivity index (χ1n) is 6.46. The molecule has 1 atom stereocenters. The lowest BCUT2D eigenvalue weighted by Crippen LogP contribution is -2.36. The van der Waals surface area contributed by atoms with Crippen LogP contribution in [0.4, 0.5) is 0 Å². The maximum Gasteiger partial charge on any atom is 0.191 e. The summed E-state index contributed by atoms with van der Waals surface area (Å²) in [4.78, 5) is 6.22. The number of rotatable bonds is 5. The lowest BCUT2D eigenvalue weighted by molar-refractivity contribution is 0.186. The zero-order valence-corrected chi connectivity index (χ0v) is 14.2. The van der Waals surface area contributed by atoms with Crippen molar-refractivity contribution in [3.05, 3.63) is 29.8 Å². The van der Waals surface area contributed by atoms with Crippen molar-refractivity contribution >= 4 is 29.9 Å². The van der Waals surface area contributed by atoms with Crippen LogP contribution in [0.2, 0.25) is 0 Å². The van der Waals surface area contributed by atoms with Crippen LogP contribution in [-0.2, 0) is 0 Å². The lowest BCUT2D eigenvalue weighted by Gasteiger charge is -2.17. The number of benzene rings is 1. The topological polar surface area (TPSA) is 71.1 Å². The first-order chi connectivity index (χ1) is 9.11. The molecule has 1 aromatic carbocycles. The molecule has 0 aliphatic heterocycles. The van der Waals surface area contributed by atoms with Gasteiger partial charge in [-0.15, -0.1) is 24.0 Å². The molecule has 0 heterocycles. The molecule has 1 saturated carbocycles. The van der Waals surface area contributed by atoms with Gasteiger partial charge in [-0.05, 0) is 30.5 Å². The molecule has 0 bridgehead atoms. The van der Waals surface area contributed by atoms with Crippen molar-refractivity contribution in [3.8, 4) is 5.75 Å². The van der Waals surface area contributed by atoms with E-state index in [1.807, 2.05) is 30.1 Å². The van der Waals surface area contributed by atoms with Crippen LogP contribution in [0.1, 0.15) is 24.5 Å². The molecule has 0 radical (unpaired) electrons. The Morgan fingerprint density at radius 3 is 2.85 bits per heavy atom. The van der Waals surface area contributed by atoms with Crippen molar-refractivity contribution in [2.45, 2.75) is 25.0 Å². The Balaban J connectivity index is 0.00000200. The molecular weight excluding hydrogens is 369 g/mol. The summed E-state index contributed by atoms with van der Waals surface area (Å²) in [5.41, 5.74) is 6.66. The van der Waals surface area contributed by atoms with E-state index >= 15 is 0 Å². The summed E-state index contributed by atoms with van der Waals surface area (Å²) in [5, 5.41) is 10.1. The average Bonchev–Trinajstić information content (AvgIpc) is 3.28. The minimum atomic E-state index is -0.666. The van der Waals surface area contributed by atoms with Crippen molar-refractivity contribution in [1.29, 1.82) is 0 Å². The van der Waals surface area contributed by atoms with Crippen LogP contribution in [0, 0.1) is 0 Å². The molecule has 0 aromatic heterocycles. The van der Waals surface area contributed by atoms with E-state index in [1.165, 1.54) is 12.8 Å². The fourth-order valence-electron chi connectivity index (χ4n) is 1.89. The third-order valence-corrected chi connectivity index (χ3v) is 3.36. The van der Waals surface area contributed by atoms with Gasteiger partial charge in [0.05, 0.1) is 19.8 Å². The molecule has 1 aromatic rings. The summed E-state index contributed by atoms with van der Waals surface area (Å²) in [6.07, 6.45) is 1.68. The van der Waals surface area contributed by atoms with E-state index < -0.39 is 6.10 Å². The van der Waals surface area contributed by atoms with Crippen LogP contribution < -0.4 is 10.5 Å².